The lowest BCUT2D eigenvalue weighted by atomic mass is 9.88. The molecule has 3 atom stereocenters. The highest BCUT2D eigenvalue weighted by Crippen LogP contribution is 2.36. The van der Waals surface area contributed by atoms with Crippen molar-refractivity contribution in [3.8, 4) is 0 Å². The summed E-state index contributed by atoms with van der Waals surface area (Å²) in [4.78, 5) is 22.9. The fraction of sp³-hybridized carbons (Fsp3) is 0.333. The first-order chi connectivity index (χ1) is 21.7. The fourth-order valence-corrected chi connectivity index (χ4v) is 6.71. The monoisotopic (exact) mass is 635 g/mol. The van der Waals surface area contributed by atoms with Crippen molar-refractivity contribution in [2.24, 2.45) is 5.92 Å². The normalized spacial score (nSPS) is 19.5. The third-order valence-corrected chi connectivity index (χ3v) is 9.14. The van der Waals surface area contributed by atoms with Gasteiger partial charge in [0, 0.05) is 62.8 Å². The molecule has 3 aromatic carbocycles. The molecule has 0 bridgehead atoms. The summed E-state index contributed by atoms with van der Waals surface area (Å²) in [5, 5.41) is 2.99. The van der Waals surface area contributed by atoms with Crippen LogP contribution in [0.1, 0.15) is 28.2 Å². The second-order valence-electron chi connectivity index (χ2n) is 11.6. The van der Waals surface area contributed by atoms with E-state index in [1.165, 1.54) is 12.1 Å². The van der Waals surface area contributed by atoms with E-state index in [1.54, 1.807) is 24.4 Å². The molecule has 1 aromatic heterocycles. The summed E-state index contributed by atoms with van der Waals surface area (Å²) in [7, 11) is 0. The van der Waals surface area contributed by atoms with Gasteiger partial charge in [-0.25, -0.2) is 18.0 Å². The van der Waals surface area contributed by atoms with Crippen molar-refractivity contribution in [2.45, 2.75) is 30.8 Å². The van der Waals surface area contributed by atoms with E-state index in [4.69, 9.17) is 4.74 Å². The Morgan fingerprint density at radius 2 is 1.89 bits per heavy atom. The van der Waals surface area contributed by atoms with E-state index >= 15 is 4.39 Å². The first-order valence-corrected chi connectivity index (χ1v) is 16.0. The Bertz CT molecular complexity index is 1710. The van der Waals surface area contributed by atoms with Gasteiger partial charge in [0.1, 0.15) is 11.6 Å². The number of aryl methyl sites for hydroxylation is 1. The lowest BCUT2D eigenvalue weighted by molar-refractivity contribution is -0.120. The zero-order valence-electron chi connectivity index (χ0n) is 24.9. The Labute approximate surface area is 263 Å². The number of nitrogens with zero attached hydrogens (tertiary/aromatic N) is 4. The number of likely N-dealkylation sites (tertiary alicyclic amines) is 1. The van der Waals surface area contributed by atoms with Gasteiger partial charge in [-0.15, -0.1) is 0 Å². The second kappa shape index (κ2) is 13.6. The molecule has 1 unspecified atom stereocenters. The molecule has 2 aliphatic heterocycles. The molecule has 3 heterocycles. The lowest BCUT2D eigenvalue weighted by Crippen LogP contribution is -2.37. The number of rotatable bonds is 9. The van der Waals surface area contributed by atoms with Gasteiger partial charge in [-0.1, -0.05) is 30.3 Å². The maximum Gasteiger partial charge on any atom is 0.231 e. The molecule has 2 aliphatic rings. The molecule has 1 amide bonds. The minimum Gasteiger partial charge on any atom is -0.378 e. The molecule has 0 spiro atoms. The van der Waals surface area contributed by atoms with Crippen molar-refractivity contribution >= 4 is 28.6 Å². The summed E-state index contributed by atoms with van der Waals surface area (Å²) in [6.45, 7) is 6.51. The average Bonchev–Trinajstić information content (AvgIpc) is 3.65. The number of carbonyl (C=O) groups excluding carboxylic acids is 1. The van der Waals surface area contributed by atoms with Gasteiger partial charge < -0.3 is 18.8 Å². The summed E-state index contributed by atoms with van der Waals surface area (Å²) in [6, 6.07) is 16.5. The van der Waals surface area contributed by atoms with E-state index in [0.29, 0.717) is 45.3 Å². The van der Waals surface area contributed by atoms with E-state index in [1.807, 2.05) is 21.7 Å². The van der Waals surface area contributed by atoms with Gasteiger partial charge in [-0.3, -0.25) is 15.0 Å². The van der Waals surface area contributed by atoms with Gasteiger partial charge in [0.05, 0.1) is 30.6 Å². The number of nitrogens with one attached hydrogen (secondary N) is 1. The standard InChI is InChI=1S/C33H35F2N5O4S/c1-22-5-6-24(31(15-22)39-11-13-44-14-12-39)19-40-10-9-36-33(40)37-32(41)29-21-38(18-23-3-2-4-26(16-23)45(42)43)20-28(29)27-8-7-25(34)17-30(27)35/h2-10,15-17,28-29H,11-14,18-21H2,1H3,(H,42,43)(H,36,37,41)/t28-,29+/m0/s1. The summed E-state index contributed by atoms with van der Waals surface area (Å²) in [5.41, 5.74) is 4.42. The highest BCUT2D eigenvalue weighted by molar-refractivity contribution is 7.79. The van der Waals surface area contributed by atoms with Crippen LogP contribution in [-0.4, -0.2) is 68.5 Å². The summed E-state index contributed by atoms with van der Waals surface area (Å²) < 4.78 is 57.4. The van der Waals surface area contributed by atoms with Crippen molar-refractivity contribution < 1.29 is 27.1 Å². The molecule has 4 aromatic rings. The number of ether oxygens (including phenoxy) is 1. The third-order valence-electron chi connectivity index (χ3n) is 8.48. The summed E-state index contributed by atoms with van der Waals surface area (Å²) >= 11 is -2.12. The fourth-order valence-electron chi connectivity index (χ4n) is 6.26. The van der Waals surface area contributed by atoms with Crippen molar-refractivity contribution in [2.75, 3.05) is 49.6 Å². The van der Waals surface area contributed by atoms with Gasteiger partial charge in [0.25, 0.3) is 0 Å². The molecule has 45 heavy (non-hydrogen) atoms. The maximum atomic E-state index is 15.1. The Kier molecular flexibility index (Phi) is 9.36. The molecule has 2 saturated heterocycles. The minimum absolute atomic E-state index is 0.266. The van der Waals surface area contributed by atoms with Crippen LogP contribution in [0.25, 0.3) is 0 Å². The van der Waals surface area contributed by atoms with E-state index in [2.05, 4.69) is 40.3 Å². The Morgan fingerprint density at radius 1 is 1.07 bits per heavy atom. The number of hydrogen-bond acceptors (Lipinski definition) is 6. The van der Waals surface area contributed by atoms with Crippen molar-refractivity contribution in [3.05, 3.63) is 107 Å². The van der Waals surface area contributed by atoms with Crippen molar-refractivity contribution in [1.29, 1.82) is 0 Å². The molecule has 9 nitrogen and oxygen atoms in total. The van der Waals surface area contributed by atoms with Crippen LogP contribution in [0.3, 0.4) is 0 Å². The number of hydrogen-bond donors (Lipinski definition) is 2. The van der Waals surface area contributed by atoms with Crippen LogP contribution in [0.5, 0.6) is 0 Å². The average molecular weight is 636 g/mol. The molecular formula is C33H35F2N5O4S. The number of halogens is 2. The van der Waals surface area contributed by atoms with E-state index in [-0.39, 0.29) is 16.4 Å². The van der Waals surface area contributed by atoms with Crippen molar-refractivity contribution in [1.82, 2.24) is 14.5 Å². The first-order valence-electron chi connectivity index (χ1n) is 14.9. The number of anilines is 2. The summed E-state index contributed by atoms with van der Waals surface area (Å²) in [6.07, 6.45) is 3.45. The molecule has 0 radical (unpaired) electrons. The molecule has 6 rings (SSSR count). The van der Waals surface area contributed by atoms with Gasteiger partial charge in [-0.05, 0) is 53.4 Å². The van der Waals surface area contributed by atoms with Crippen LogP contribution in [0.4, 0.5) is 20.4 Å². The SMILES string of the molecule is Cc1ccc(Cn2ccnc2NC(=O)[C@@H]2CN(Cc3cccc(S(=O)O)c3)C[C@H]2c2ccc(F)cc2F)c(N2CCOCC2)c1. The topological polar surface area (TPSA) is 99.9 Å². The highest BCUT2D eigenvalue weighted by Gasteiger charge is 2.40. The van der Waals surface area contributed by atoms with Gasteiger partial charge in [0.15, 0.2) is 11.1 Å². The zero-order valence-corrected chi connectivity index (χ0v) is 25.7. The molecule has 2 fully saturated rings. The zero-order chi connectivity index (χ0) is 31.5. The van der Waals surface area contributed by atoms with Gasteiger partial charge in [0.2, 0.25) is 11.9 Å². The molecule has 2 N–H and O–H groups in total. The van der Waals surface area contributed by atoms with Crippen LogP contribution in [0.15, 0.2) is 78.0 Å². The van der Waals surface area contributed by atoms with Gasteiger partial charge >= 0.3 is 0 Å². The van der Waals surface area contributed by atoms with Crippen molar-refractivity contribution in [3.63, 3.8) is 0 Å². The van der Waals surface area contributed by atoms with E-state index in [9.17, 15) is 17.9 Å². The molecule has 236 valence electrons. The van der Waals surface area contributed by atoms with Gasteiger partial charge in [-0.2, -0.15) is 0 Å². The first kappa shape index (κ1) is 31.0. The molecule has 12 heteroatoms. The van der Waals surface area contributed by atoms with Crippen LogP contribution in [-0.2, 0) is 33.7 Å². The molecular weight excluding hydrogens is 600 g/mol. The number of aromatic nitrogens is 2. The molecule has 0 saturated carbocycles. The smallest absolute Gasteiger partial charge is 0.231 e. The largest absolute Gasteiger partial charge is 0.378 e. The van der Waals surface area contributed by atoms with Crippen LogP contribution in [0, 0.1) is 24.5 Å². The predicted molar refractivity (Wildman–Crippen MR) is 168 cm³/mol. The number of benzene rings is 3. The number of imidazole rings is 1. The number of morpholine rings is 1. The van der Waals surface area contributed by atoms with Crippen LogP contribution < -0.4 is 10.2 Å². The number of carbonyl (C=O) groups is 1. The predicted octanol–water partition coefficient (Wildman–Crippen LogP) is 4.79. The van der Waals surface area contributed by atoms with E-state index in [0.717, 1.165) is 41.5 Å². The molecule has 0 aliphatic carbocycles. The lowest BCUT2D eigenvalue weighted by Gasteiger charge is -2.31. The van der Waals surface area contributed by atoms with Crippen LogP contribution in [0.2, 0.25) is 0 Å². The third kappa shape index (κ3) is 7.14. The number of amides is 1. The Morgan fingerprint density at radius 3 is 2.67 bits per heavy atom. The maximum absolute atomic E-state index is 15.1. The quantitative estimate of drug-likeness (QED) is 0.255. The minimum atomic E-state index is -2.12. The Balaban J connectivity index is 1.23. The second-order valence-corrected chi connectivity index (χ2v) is 12.5. The summed E-state index contributed by atoms with van der Waals surface area (Å²) in [5.74, 6) is -2.53. The van der Waals surface area contributed by atoms with E-state index < -0.39 is 34.6 Å². The van der Waals surface area contributed by atoms with Crippen LogP contribution >= 0.6 is 0 Å². The highest BCUT2D eigenvalue weighted by atomic mass is 32.2. The Hall–Kier alpha value is -3.97.